The van der Waals surface area contributed by atoms with Crippen LogP contribution in [0.15, 0.2) is 30.7 Å². The van der Waals surface area contributed by atoms with Gasteiger partial charge in [0.05, 0.1) is 12.4 Å². The fourth-order valence-corrected chi connectivity index (χ4v) is 1.03. The Morgan fingerprint density at radius 1 is 1.47 bits per heavy atom. The maximum absolute atomic E-state index is 11.5. The Hall–Kier alpha value is -2.37. The SMILES string of the molecule is Nc1[nH]ncc1C(=O)Oc1cccnc1. The van der Waals surface area contributed by atoms with Crippen molar-refractivity contribution in [2.24, 2.45) is 0 Å². The number of anilines is 1. The number of aromatic nitrogens is 3. The van der Waals surface area contributed by atoms with Crippen LogP contribution in [0.4, 0.5) is 5.82 Å². The Balaban J connectivity index is 2.15. The number of hydrogen-bond donors (Lipinski definition) is 2. The van der Waals surface area contributed by atoms with Gasteiger partial charge < -0.3 is 10.5 Å². The molecule has 0 aliphatic rings. The van der Waals surface area contributed by atoms with Crippen LogP contribution in [0.1, 0.15) is 10.4 Å². The zero-order chi connectivity index (χ0) is 10.7. The van der Waals surface area contributed by atoms with E-state index in [1.807, 2.05) is 0 Å². The first-order chi connectivity index (χ1) is 7.27. The number of carbonyl (C=O) groups excluding carboxylic acids is 1. The molecule has 0 bridgehead atoms. The Kier molecular flexibility index (Phi) is 2.32. The van der Waals surface area contributed by atoms with Crippen LogP contribution in [-0.2, 0) is 0 Å². The minimum atomic E-state index is -0.561. The van der Waals surface area contributed by atoms with Gasteiger partial charge in [0.1, 0.15) is 17.1 Å². The smallest absolute Gasteiger partial charge is 0.348 e. The third-order valence-corrected chi connectivity index (χ3v) is 1.73. The highest BCUT2D eigenvalue weighted by Gasteiger charge is 2.13. The van der Waals surface area contributed by atoms with Crippen LogP contribution in [-0.4, -0.2) is 21.2 Å². The van der Waals surface area contributed by atoms with E-state index in [0.717, 1.165) is 0 Å². The summed E-state index contributed by atoms with van der Waals surface area (Å²) in [6.45, 7) is 0. The molecule has 3 N–H and O–H groups in total. The first-order valence-electron chi connectivity index (χ1n) is 4.18. The third kappa shape index (κ3) is 1.93. The standard InChI is InChI=1S/C9H8N4O2/c10-8-7(5-12-13-8)9(14)15-6-2-1-3-11-4-6/h1-5H,(H3,10,12,13). The number of aromatic amines is 1. The largest absolute Gasteiger partial charge is 0.421 e. The van der Waals surface area contributed by atoms with Gasteiger partial charge in [0, 0.05) is 6.20 Å². The number of hydrogen-bond acceptors (Lipinski definition) is 5. The predicted molar refractivity (Wildman–Crippen MR) is 52.2 cm³/mol. The van der Waals surface area contributed by atoms with Gasteiger partial charge in [-0.1, -0.05) is 0 Å². The molecular formula is C9H8N4O2. The van der Waals surface area contributed by atoms with Crippen LogP contribution in [0.5, 0.6) is 5.75 Å². The molecule has 0 amide bonds. The van der Waals surface area contributed by atoms with E-state index in [0.29, 0.717) is 5.75 Å². The minimum absolute atomic E-state index is 0.184. The zero-order valence-electron chi connectivity index (χ0n) is 7.68. The quantitative estimate of drug-likeness (QED) is 0.699. The predicted octanol–water partition coefficient (Wildman–Crippen LogP) is 0.606. The minimum Gasteiger partial charge on any atom is -0.421 e. The average molecular weight is 204 g/mol. The second kappa shape index (κ2) is 3.79. The van der Waals surface area contributed by atoms with Gasteiger partial charge in [-0.2, -0.15) is 5.10 Å². The van der Waals surface area contributed by atoms with Gasteiger partial charge in [-0.3, -0.25) is 10.1 Å². The number of nitrogen functional groups attached to an aromatic ring is 1. The Morgan fingerprint density at radius 2 is 2.33 bits per heavy atom. The van der Waals surface area contributed by atoms with Crippen molar-refractivity contribution in [3.05, 3.63) is 36.3 Å². The van der Waals surface area contributed by atoms with E-state index < -0.39 is 5.97 Å². The second-order valence-corrected chi connectivity index (χ2v) is 2.78. The molecule has 6 nitrogen and oxygen atoms in total. The third-order valence-electron chi connectivity index (χ3n) is 1.73. The van der Waals surface area contributed by atoms with E-state index in [1.54, 1.807) is 18.3 Å². The van der Waals surface area contributed by atoms with Crippen LogP contribution < -0.4 is 10.5 Å². The summed E-state index contributed by atoms with van der Waals surface area (Å²) >= 11 is 0. The van der Waals surface area contributed by atoms with Gasteiger partial charge in [0.25, 0.3) is 0 Å². The van der Waals surface area contributed by atoms with E-state index in [1.165, 1.54) is 12.4 Å². The van der Waals surface area contributed by atoms with E-state index in [9.17, 15) is 4.79 Å². The maximum atomic E-state index is 11.5. The summed E-state index contributed by atoms with van der Waals surface area (Å²) in [6.07, 6.45) is 4.34. The lowest BCUT2D eigenvalue weighted by Gasteiger charge is -2.01. The summed E-state index contributed by atoms with van der Waals surface area (Å²) < 4.78 is 5.00. The number of nitrogens with zero attached hydrogens (tertiary/aromatic N) is 2. The Bertz CT molecular complexity index is 466. The fraction of sp³-hybridized carbons (Fsp3) is 0. The Labute approximate surface area is 85.1 Å². The van der Waals surface area contributed by atoms with Crippen LogP contribution in [0.3, 0.4) is 0 Å². The molecule has 15 heavy (non-hydrogen) atoms. The molecule has 0 saturated carbocycles. The van der Waals surface area contributed by atoms with Gasteiger partial charge in [-0.05, 0) is 12.1 Å². The first-order valence-corrected chi connectivity index (χ1v) is 4.18. The molecule has 0 atom stereocenters. The summed E-state index contributed by atoms with van der Waals surface area (Å²) in [5, 5.41) is 6.06. The van der Waals surface area contributed by atoms with Gasteiger partial charge in [0.15, 0.2) is 0 Å². The van der Waals surface area contributed by atoms with Crippen molar-refractivity contribution in [3.63, 3.8) is 0 Å². The lowest BCUT2D eigenvalue weighted by molar-refractivity contribution is 0.0735. The van der Waals surface area contributed by atoms with E-state index >= 15 is 0 Å². The molecule has 0 fully saturated rings. The molecular weight excluding hydrogens is 196 g/mol. The lowest BCUT2D eigenvalue weighted by Crippen LogP contribution is -2.09. The van der Waals surface area contributed by atoms with Crippen molar-refractivity contribution in [1.82, 2.24) is 15.2 Å². The van der Waals surface area contributed by atoms with Crippen molar-refractivity contribution >= 4 is 11.8 Å². The number of nitrogens with two attached hydrogens (primary N) is 1. The van der Waals surface area contributed by atoms with E-state index in [2.05, 4.69) is 15.2 Å². The number of nitrogens with one attached hydrogen (secondary N) is 1. The summed E-state index contributed by atoms with van der Waals surface area (Å²) in [4.78, 5) is 15.3. The molecule has 2 aromatic rings. The number of ether oxygens (including phenoxy) is 1. The molecule has 0 spiro atoms. The number of rotatable bonds is 2. The number of H-pyrrole nitrogens is 1. The highest BCUT2D eigenvalue weighted by Crippen LogP contribution is 2.12. The van der Waals surface area contributed by atoms with E-state index in [-0.39, 0.29) is 11.4 Å². The molecule has 2 heterocycles. The lowest BCUT2D eigenvalue weighted by atomic mass is 10.3. The van der Waals surface area contributed by atoms with Crippen LogP contribution in [0.2, 0.25) is 0 Å². The second-order valence-electron chi connectivity index (χ2n) is 2.78. The van der Waals surface area contributed by atoms with Crippen LogP contribution in [0, 0.1) is 0 Å². The van der Waals surface area contributed by atoms with E-state index in [4.69, 9.17) is 10.5 Å². The molecule has 6 heteroatoms. The molecule has 2 aromatic heterocycles. The van der Waals surface area contributed by atoms with Crippen molar-refractivity contribution in [2.45, 2.75) is 0 Å². The van der Waals surface area contributed by atoms with Gasteiger partial charge in [-0.15, -0.1) is 0 Å². The molecule has 0 unspecified atom stereocenters. The summed E-state index contributed by atoms with van der Waals surface area (Å²) in [7, 11) is 0. The Morgan fingerprint density at radius 3 is 2.93 bits per heavy atom. The number of esters is 1. The molecule has 0 aromatic carbocycles. The topological polar surface area (TPSA) is 93.9 Å². The molecule has 0 radical (unpaired) electrons. The number of pyridine rings is 1. The number of carbonyl (C=O) groups is 1. The summed E-state index contributed by atoms with van der Waals surface area (Å²) in [5.74, 6) is -0.0127. The van der Waals surface area contributed by atoms with Gasteiger partial charge >= 0.3 is 5.97 Å². The first kappa shape index (κ1) is 9.20. The zero-order valence-corrected chi connectivity index (χ0v) is 7.68. The molecule has 2 rings (SSSR count). The molecule has 0 aliphatic heterocycles. The van der Waals surface area contributed by atoms with Crippen molar-refractivity contribution in [3.8, 4) is 5.75 Å². The van der Waals surface area contributed by atoms with Crippen molar-refractivity contribution in [1.29, 1.82) is 0 Å². The van der Waals surface area contributed by atoms with Gasteiger partial charge in [-0.25, -0.2) is 4.79 Å². The highest BCUT2D eigenvalue weighted by atomic mass is 16.5. The van der Waals surface area contributed by atoms with Crippen molar-refractivity contribution in [2.75, 3.05) is 5.73 Å². The average Bonchev–Trinajstić information content (AvgIpc) is 2.66. The van der Waals surface area contributed by atoms with Gasteiger partial charge in [0.2, 0.25) is 0 Å². The fourth-order valence-electron chi connectivity index (χ4n) is 1.03. The van der Waals surface area contributed by atoms with Crippen molar-refractivity contribution < 1.29 is 9.53 Å². The molecule has 0 aliphatic carbocycles. The monoisotopic (exact) mass is 204 g/mol. The van der Waals surface area contributed by atoms with Crippen LogP contribution in [0.25, 0.3) is 0 Å². The molecule has 0 saturated heterocycles. The molecule has 76 valence electrons. The highest BCUT2D eigenvalue weighted by molar-refractivity contribution is 5.95. The normalized spacial score (nSPS) is 9.87. The summed E-state index contributed by atoms with van der Waals surface area (Å²) in [6, 6.07) is 3.29. The maximum Gasteiger partial charge on any atom is 0.348 e. The van der Waals surface area contributed by atoms with Crippen LogP contribution >= 0.6 is 0 Å². The summed E-state index contributed by atoms with van der Waals surface area (Å²) in [5.41, 5.74) is 5.67.